The Labute approximate surface area is 134 Å². The second-order valence-electron chi connectivity index (χ2n) is 5.58. The fraction of sp³-hybridized carbons (Fsp3) is 0.467. The van der Waals surface area contributed by atoms with Crippen LogP contribution in [0.25, 0.3) is 10.9 Å². The summed E-state index contributed by atoms with van der Waals surface area (Å²) in [5.41, 5.74) is 1.00. The van der Waals surface area contributed by atoms with E-state index in [9.17, 15) is 4.79 Å². The highest BCUT2D eigenvalue weighted by molar-refractivity contribution is 5.85. The lowest BCUT2D eigenvalue weighted by molar-refractivity contribution is -0.143. The number of carbonyl (C=O) groups is 1. The number of morpholine rings is 1. The summed E-state index contributed by atoms with van der Waals surface area (Å²) in [4.78, 5) is 14.6. The van der Waals surface area contributed by atoms with E-state index in [0.29, 0.717) is 13.2 Å². The van der Waals surface area contributed by atoms with Crippen LogP contribution in [0.2, 0.25) is 0 Å². The quantitative estimate of drug-likeness (QED) is 0.882. The van der Waals surface area contributed by atoms with Crippen molar-refractivity contribution in [2.75, 3.05) is 26.2 Å². The Balaban J connectivity index is 0.00000144. The normalized spacial score (nSPS) is 24.1. The topological polar surface area (TPSA) is 59.4 Å². The monoisotopic (exact) mass is 322 g/mol. The number of halogens is 1. The smallest absolute Gasteiger partial charge is 0.244 e. The maximum atomic E-state index is 12.6. The van der Waals surface area contributed by atoms with Gasteiger partial charge in [0.25, 0.3) is 0 Å². The Hall–Kier alpha value is -1.63. The lowest BCUT2D eigenvalue weighted by Crippen LogP contribution is -2.54. The summed E-state index contributed by atoms with van der Waals surface area (Å²) in [7, 11) is 0. The van der Waals surface area contributed by atoms with Crippen LogP contribution >= 0.6 is 12.4 Å². The van der Waals surface area contributed by atoms with Crippen LogP contribution in [0.4, 0.5) is 0 Å². The molecule has 118 valence electrons. The Kier molecular flexibility index (Phi) is 4.33. The zero-order chi connectivity index (χ0) is 14.2. The van der Waals surface area contributed by atoms with E-state index in [2.05, 4.69) is 10.4 Å². The van der Waals surface area contributed by atoms with E-state index < -0.39 is 0 Å². The molecule has 22 heavy (non-hydrogen) atoms. The van der Waals surface area contributed by atoms with Crippen LogP contribution in [-0.4, -0.2) is 59.0 Å². The number of nitrogens with one attached hydrogen (secondary N) is 1. The van der Waals surface area contributed by atoms with Crippen molar-refractivity contribution in [3.63, 3.8) is 0 Å². The largest absolute Gasteiger partial charge is 0.373 e. The average Bonchev–Trinajstić information content (AvgIpc) is 3.14. The molecule has 7 heteroatoms. The minimum atomic E-state index is 0. The van der Waals surface area contributed by atoms with Gasteiger partial charge in [-0.2, -0.15) is 5.10 Å². The maximum absolute atomic E-state index is 12.6. The summed E-state index contributed by atoms with van der Waals surface area (Å²) in [5, 5.41) is 8.70. The van der Waals surface area contributed by atoms with E-state index in [4.69, 9.17) is 4.74 Å². The van der Waals surface area contributed by atoms with E-state index in [-0.39, 0.29) is 37.0 Å². The molecule has 2 fully saturated rings. The summed E-state index contributed by atoms with van der Waals surface area (Å²) in [6, 6.07) is 8.11. The Morgan fingerprint density at radius 1 is 1.36 bits per heavy atom. The molecule has 0 saturated carbocycles. The fourth-order valence-corrected chi connectivity index (χ4v) is 3.27. The summed E-state index contributed by atoms with van der Waals surface area (Å²) in [6.45, 7) is 3.22. The standard InChI is InChI=1S/C15H18N4O2.ClH/c20-15(18-5-6-21-14-9-16-8-13(14)18)10-19-12-4-2-1-3-11(12)7-17-19;/h1-4,7,13-14,16H,5-6,8-10H2;1H/t13-,14+;/m1./s1. The van der Waals surface area contributed by atoms with Gasteiger partial charge in [0.2, 0.25) is 5.91 Å². The minimum Gasteiger partial charge on any atom is -0.373 e. The van der Waals surface area contributed by atoms with Gasteiger partial charge in [-0.1, -0.05) is 18.2 Å². The minimum absolute atomic E-state index is 0. The Bertz CT molecular complexity index is 674. The molecule has 0 spiro atoms. The molecule has 0 bridgehead atoms. The molecule has 2 saturated heterocycles. The number of benzene rings is 1. The van der Waals surface area contributed by atoms with Gasteiger partial charge in [0, 0.05) is 25.0 Å². The molecule has 6 nitrogen and oxygen atoms in total. The molecule has 1 amide bonds. The molecular weight excluding hydrogens is 304 g/mol. The Morgan fingerprint density at radius 3 is 3.14 bits per heavy atom. The van der Waals surface area contributed by atoms with Crippen LogP contribution < -0.4 is 5.32 Å². The van der Waals surface area contributed by atoms with Crippen LogP contribution in [-0.2, 0) is 16.1 Å². The first-order chi connectivity index (χ1) is 10.3. The SMILES string of the molecule is Cl.O=C(Cn1ncc2ccccc21)N1CCO[C@H]2CNC[C@H]21. The van der Waals surface area contributed by atoms with Crippen molar-refractivity contribution in [1.82, 2.24) is 20.0 Å². The molecule has 2 aliphatic rings. The zero-order valence-electron chi connectivity index (χ0n) is 12.1. The first-order valence-electron chi connectivity index (χ1n) is 7.35. The van der Waals surface area contributed by atoms with Crippen molar-refractivity contribution in [2.24, 2.45) is 0 Å². The highest BCUT2D eigenvalue weighted by Gasteiger charge is 2.38. The van der Waals surface area contributed by atoms with Gasteiger partial charge in [0.05, 0.1) is 30.5 Å². The van der Waals surface area contributed by atoms with Crippen molar-refractivity contribution in [3.8, 4) is 0 Å². The molecule has 2 atom stereocenters. The molecule has 2 aliphatic heterocycles. The highest BCUT2D eigenvalue weighted by Crippen LogP contribution is 2.19. The second kappa shape index (κ2) is 6.24. The predicted octanol–water partition coefficient (Wildman–Crippen LogP) is 0.657. The van der Waals surface area contributed by atoms with Crippen molar-refractivity contribution in [3.05, 3.63) is 30.5 Å². The molecule has 2 aromatic rings. The number of hydrogen-bond acceptors (Lipinski definition) is 4. The van der Waals surface area contributed by atoms with Crippen LogP contribution in [0.3, 0.4) is 0 Å². The van der Waals surface area contributed by atoms with Crippen LogP contribution in [0.1, 0.15) is 0 Å². The summed E-state index contributed by atoms with van der Waals surface area (Å²) in [6.07, 6.45) is 1.94. The first kappa shape index (κ1) is 15.3. The van der Waals surface area contributed by atoms with Crippen molar-refractivity contribution < 1.29 is 9.53 Å². The third-order valence-electron chi connectivity index (χ3n) is 4.35. The fourth-order valence-electron chi connectivity index (χ4n) is 3.27. The first-order valence-corrected chi connectivity index (χ1v) is 7.35. The predicted molar refractivity (Wildman–Crippen MR) is 85.1 cm³/mol. The van der Waals surface area contributed by atoms with Gasteiger partial charge in [-0.05, 0) is 6.07 Å². The number of carbonyl (C=O) groups excluding carboxylic acids is 1. The van der Waals surface area contributed by atoms with Gasteiger partial charge in [-0.3, -0.25) is 9.48 Å². The summed E-state index contributed by atoms with van der Waals surface area (Å²) < 4.78 is 7.49. The third kappa shape index (κ3) is 2.58. The number of amides is 1. The van der Waals surface area contributed by atoms with Crippen LogP contribution in [0, 0.1) is 0 Å². The lowest BCUT2D eigenvalue weighted by Gasteiger charge is -2.37. The summed E-state index contributed by atoms with van der Waals surface area (Å²) >= 11 is 0. The van der Waals surface area contributed by atoms with Gasteiger partial charge < -0.3 is 15.0 Å². The number of hydrogen-bond donors (Lipinski definition) is 1. The molecule has 0 radical (unpaired) electrons. The molecule has 0 aliphatic carbocycles. The van der Waals surface area contributed by atoms with Gasteiger partial charge in [0.15, 0.2) is 0 Å². The molecule has 1 N–H and O–H groups in total. The third-order valence-corrected chi connectivity index (χ3v) is 4.35. The van der Waals surface area contributed by atoms with Crippen molar-refractivity contribution in [1.29, 1.82) is 0 Å². The molecule has 0 unspecified atom stereocenters. The number of ether oxygens (including phenoxy) is 1. The molecule has 3 heterocycles. The number of fused-ring (bicyclic) bond motifs is 2. The number of para-hydroxylation sites is 1. The van der Waals surface area contributed by atoms with Crippen molar-refractivity contribution in [2.45, 2.75) is 18.7 Å². The lowest BCUT2D eigenvalue weighted by atomic mass is 10.1. The van der Waals surface area contributed by atoms with Crippen LogP contribution in [0.15, 0.2) is 30.5 Å². The van der Waals surface area contributed by atoms with E-state index in [1.165, 1.54) is 0 Å². The van der Waals surface area contributed by atoms with Crippen LogP contribution in [0.5, 0.6) is 0 Å². The van der Waals surface area contributed by atoms with Gasteiger partial charge in [-0.25, -0.2) is 0 Å². The summed E-state index contributed by atoms with van der Waals surface area (Å²) in [5.74, 6) is 0.117. The molecule has 4 rings (SSSR count). The Morgan fingerprint density at radius 2 is 2.23 bits per heavy atom. The number of nitrogens with zero attached hydrogens (tertiary/aromatic N) is 3. The van der Waals surface area contributed by atoms with E-state index >= 15 is 0 Å². The molecule has 1 aromatic carbocycles. The maximum Gasteiger partial charge on any atom is 0.244 e. The average molecular weight is 323 g/mol. The van der Waals surface area contributed by atoms with E-state index in [0.717, 1.165) is 24.0 Å². The zero-order valence-corrected chi connectivity index (χ0v) is 13.0. The van der Waals surface area contributed by atoms with E-state index in [1.807, 2.05) is 35.4 Å². The van der Waals surface area contributed by atoms with Gasteiger partial charge in [0.1, 0.15) is 6.54 Å². The van der Waals surface area contributed by atoms with Crippen molar-refractivity contribution >= 4 is 29.2 Å². The molecular formula is C15H19ClN4O2. The van der Waals surface area contributed by atoms with Gasteiger partial charge >= 0.3 is 0 Å². The molecule has 1 aromatic heterocycles. The number of aromatic nitrogens is 2. The van der Waals surface area contributed by atoms with E-state index in [1.54, 1.807) is 4.68 Å². The number of rotatable bonds is 2. The highest BCUT2D eigenvalue weighted by atomic mass is 35.5. The second-order valence-corrected chi connectivity index (χ2v) is 5.58. The van der Waals surface area contributed by atoms with Gasteiger partial charge in [-0.15, -0.1) is 12.4 Å².